The first-order valence-electron chi connectivity index (χ1n) is 10.6. The number of fused-ring (bicyclic) bond motifs is 3. The van der Waals surface area contributed by atoms with Crippen molar-refractivity contribution in [3.8, 4) is 11.5 Å². The summed E-state index contributed by atoms with van der Waals surface area (Å²) in [6.45, 7) is 0.774. The molecule has 0 bridgehead atoms. The summed E-state index contributed by atoms with van der Waals surface area (Å²) in [5.41, 5.74) is 2.54. The number of aromatic hydroxyl groups is 1. The van der Waals surface area contributed by atoms with Crippen LogP contribution in [-0.4, -0.2) is 36.6 Å². The molecule has 2 amide bonds. The molecule has 0 spiro atoms. The number of benzene rings is 2. The summed E-state index contributed by atoms with van der Waals surface area (Å²) >= 11 is 0. The lowest BCUT2D eigenvalue weighted by atomic mass is 9.96. The minimum Gasteiger partial charge on any atom is -0.508 e. The maximum absolute atomic E-state index is 12.0. The Morgan fingerprint density at radius 1 is 1.03 bits per heavy atom. The minimum atomic E-state index is -0.262. The molecule has 2 aromatic carbocycles. The average Bonchev–Trinajstić information content (AvgIpc) is 3.15. The minimum absolute atomic E-state index is 0.0479. The maximum atomic E-state index is 12.0. The Morgan fingerprint density at radius 3 is 2.74 bits per heavy atom. The molecule has 0 saturated carbocycles. The molecule has 1 aliphatic carbocycles. The molecular formula is C24H26N2O5. The monoisotopic (exact) mass is 422 g/mol. The molecule has 1 heterocycles. The lowest BCUT2D eigenvalue weighted by Crippen LogP contribution is -2.32. The Kier molecular flexibility index (Phi) is 6.40. The number of furan rings is 1. The fourth-order valence-corrected chi connectivity index (χ4v) is 3.80. The third kappa shape index (κ3) is 5.17. The molecule has 0 atom stereocenters. The molecule has 4 rings (SSSR count). The first-order valence-corrected chi connectivity index (χ1v) is 10.6. The third-order valence-corrected chi connectivity index (χ3v) is 5.37. The number of hydrogen-bond acceptors (Lipinski definition) is 5. The molecule has 0 saturated heterocycles. The van der Waals surface area contributed by atoms with E-state index in [4.69, 9.17) is 9.15 Å². The fourth-order valence-electron chi connectivity index (χ4n) is 3.80. The van der Waals surface area contributed by atoms with Crippen LogP contribution in [0.1, 0.15) is 40.9 Å². The number of amides is 2. The topological polar surface area (TPSA) is 101 Å². The highest BCUT2D eigenvalue weighted by molar-refractivity contribution is 5.94. The number of aryl methyl sites for hydroxylation is 2. The summed E-state index contributed by atoms with van der Waals surface area (Å²) in [6, 6.07) is 11.8. The lowest BCUT2D eigenvalue weighted by Gasteiger charge is -2.10. The SMILES string of the molecule is O=C(COc1ccc2oc3c(c2c1)CCCC3)NCCCNC(=O)c1cccc(O)c1. The molecule has 7 nitrogen and oxygen atoms in total. The smallest absolute Gasteiger partial charge is 0.257 e. The first-order chi connectivity index (χ1) is 15.1. The van der Waals surface area contributed by atoms with Crippen LogP contribution in [0.2, 0.25) is 0 Å². The number of carbonyl (C=O) groups excluding carboxylic acids is 2. The van der Waals surface area contributed by atoms with E-state index in [1.165, 1.54) is 24.1 Å². The first kappa shape index (κ1) is 20.8. The van der Waals surface area contributed by atoms with Gasteiger partial charge < -0.3 is 24.9 Å². The van der Waals surface area contributed by atoms with Gasteiger partial charge in [-0.25, -0.2) is 0 Å². The van der Waals surface area contributed by atoms with E-state index in [-0.39, 0.29) is 24.2 Å². The van der Waals surface area contributed by atoms with Gasteiger partial charge in [0.15, 0.2) is 6.61 Å². The van der Waals surface area contributed by atoms with Gasteiger partial charge in [-0.15, -0.1) is 0 Å². The van der Waals surface area contributed by atoms with Crippen molar-refractivity contribution in [2.24, 2.45) is 0 Å². The van der Waals surface area contributed by atoms with Gasteiger partial charge in [-0.2, -0.15) is 0 Å². The van der Waals surface area contributed by atoms with Crippen LogP contribution >= 0.6 is 0 Å². The van der Waals surface area contributed by atoms with Crippen molar-refractivity contribution in [3.05, 3.63) is 59.4 Å². The molecule has 0 aliphatic heterocycles. The second-order valence-corrected chi connectivity index (χ2v) is 7.67. The van der Waals surface area contributed by atoms with Crippen LogP contribution in [0.4, 0.5) is 0 Å². The van der Waals surface area contributed by atoms with E-state index < -0.39 is 0 Å². The van der Waals surface area contributed by atoms with Crippen LogP contribution in [0, 0.1) is 0 Å². The van der Waals surface area contributed by atoms with Crippen LogP contribution < -0.4 is 15.4 Å². The molecule has 162 valence electrons. The van der Waals surface area contributed by atoms with Gasteiger partial charge >= 0.3 is 0 Å². The Bertz CT molecular complexity index is 1090. The van der Waals surface area contributed by atoms with E-state index in [9.17, 15) is 14.7 Å². The highest BCUT2D eigenvalue weighted by Gasteiger charge is 2.18. The highest BCUT2D eigenvalue weighted by Crippen LogP contribution is 2.33. The Balaban J connectivity index is 1.18. The number of hydrogen-bond donors (Lipinski definition) is 3. The summed E-state index contributed by atoms with van der Waals surface area (Å²) in [5, 5.41) is 16.0. The molecule has 0 fully saturated rings. The molecular weight excluding hydrogens is 396 g/mol. The number of ether oxygens (including phenoxy) is 1. The van der Waals surface area contributed by atoms with Crippen molar-refractivity contribution in [1.82, 2.24) is 10.6 Å². The van der Waals surface area contributed by atoms with Gasteiger partial charge in [0, 0.05) is 36.0 Å². The van der Waals surface area contributed by atoms with Gasteiger partial charge in [0.1, 0.15) is 22.8 Å². The van der Waals surface area contributed by atoms with Gasteiger partial charge in [-0.1, -0.05) is 6.07 Å². The van der Waals surface area contributed by atoms with E-state index in [1.54, 1.807) is 12.1 Å². The van der Waals surface area contributed by atoms with Crippen molar-refractivity contribution in [2.75, 3.05) is 19.7 Å². The number of carbonyl (C=O) groups is 2. The molecule has 0 radical (unpaired) electrons. The highest BCUT2D eigenvalue weighted by atomic mass is 16.5. The number of rotatable bonds is 8. The van der Waals surface area contributed by atoms with E-state index in [1.807, 2.05) is 18.2 Å². The second kappa shape index (κ2) is 9.55. The van der Waals surface area contributed by atoms with Gasteiger partial charge in [0.25, 0.3) is 11.8 Å². The van der Waals surface area contributed by atoms with E-state index >= 15 is 0 Å². The Labute approximate surface area is 180 Å². The fraction of sp³-hybridized carbons (Fsp3) is 0.333. The van der Waals surface area contributed by atoms with E-state index in [0.29, 0.717) is 30.8 Å². The van der Waals surface area contributed by atoms with Crippen molar-refractivity contribution in [3.63, 3.8) is 0 Å². The Morgan fingerprint density at radius 2 is 1.87 bits per heavy atom. The summed E-state index contributed by atoms with van der Waals surface area (Å²) in [6.07, 6.45) is 4.92. The van der Waals surface area contributed by atoms with E-state index in [0.717, 1.165) is 36.0 Å². The zero-order valence-electron chi connectivity index (χ0n) is 17.3. The zero-order chi connectivity index (χ0) is 21.6. The zero-order valence-corrected chi connectivity index (χ0v) is 17.3. The van der Waals surface area contributed by atoms with Crippen molar-refractivity contribution >= 4 is 22.8 Å². The number of phenols is 1. The van der Waals surface area contributed by atoms with Crippen LogP contribution in [0.5, 0.6) is 11.5 Å². The van der Waals surface area contributed by atoms with Gasteiger partial charge in [0.2, 0.25) is 0 Å². The third-order valence-electron chi connectivity index (χ3n) is 5.37. The molecule has 7 heteroatoms. The molecule has 1 aromatic heterocycles. The molecule has 31 heavy (non-hydrogen) atoms. The molecule has 3 N–H and O–H groups in total. The van der Waals surface area contributed by atoms with Gasteiger partial charge in [-0.3, -0.25) is 9.59 Å². The van der Waals surface area contributed by atoms with Crippen LogP contribution in [0.3, 0.4) is 0 Å². The molecule has 0 unspecified atom stereocenters. The van der Waals surface area contributed by atoms with Crippen LogP contribution in [0.25, 0.3) is 11.0 Å². The lowest BCUT2D eigenvalue weighted by molar-refractivity contribution is -0.123. The molecule has 3 aromatic rings. The maximum Gasteiger partial charge on any atom is 0.257 e. The van der Waals surface area contributed by atoms with Crippen molar-refractivity contribution in [1.29, 1.82) is 0 Å². The van der Waals surface area contributed by atoms with Gasteiger partial charge in [0.05, 0.1) is 0 Å². The number of nitrogens with one attached hydrogen (secondary N) is 2. The summed E-state index contributed by atoms with van der Waals surface area (Å²) < 4.78 is 11.6. The summed E-state index contributed by atoms with van der Waals surface area (Å²) in [5.74, 6) is 1.30. The Hall–Kier alpha value is -3.48. The van der Waals surface area contributed by atoms with Crippen molar-refractivity contribution in [2.45, 2.75) is 32.1 Å². The van der Waals surface area contributed by atoms with Gasteiger partial charge in [-0.05, 0) is 62.1 Å². The van der Waals surface area contributed by atoms with Crippen LogP contribution in [0.15, 0.2) is 46.9 Å². The summed E-state index contributed by atoms with van der Waals surface area (Å²) in [4.78, 5) is 24.0. The van der Waals surface area contributed by atoms with E-state index in [2.05, 4.69) is 10.6 Å². The number of phenolic OH excluding ortho intramolecular Hbond substituents is 1. The van der Waals surface area contributed by atoms with Crippen LogP contribution in [-0.2, 0) is 17.6 Å². The molecule has 1 aliphatic rings. The normalized spacial score (nSPS) is 12.9. The standard InChI is InChI=1S/C24H26N2O5/c27-17-6-3-5-16(13-17)24(29)26-12-4-11-25-23(28)15-30-18-9-10-22-20(14-18)19-7-1-2-8-21(19)31-22/h3,5-6,9-10,13-14,27H,1-2,4,7-8,11-12,15H2,(H,25,28)(H,26,29). The second-order valence-electron chi connectivity index (χ2n) is 7.67. The van der Waals surface area contributed by atoms with Crippen molar-refractivity contribution < 1.29 is 23.8 Å². The predicted molar refractivity (Wildman–Crippen MR) is 116 cm³/mol. The summed E-state index contributed by atoms with van der Waals surface area (Å²) in [7, 11) is 0. The largest absolute Gasteiger partial charge is 0.508 e. The predicted octanol–water partition coefficient (Wildman–Crippen LogP) is 3.33. The quantitative estimate of drug-likeness (QED) is 0.484. The average molecular weight is 422 g/mol.